The Morgan fingerprint density at radius 2 is 1.81 bits per heavy atom. The normalized spacial score (nSPS) is 22.3. The summed E-state index contributed by atoms with van der Waals surface area (Å²) < 4.78 is 5.52. The van der Waals surface area contributed by atoms with Crippen molar-refractivity contribution in [2.24, 2.45) is 17.3 Å². The third-order valence-corrected chi connectivity index (χ3v) is 4.18. The van der Waals surface area contributed by atoms with Gasteiger partial charge in [-0.15, -0.1) is 0 Å². The van der Waals surface area contributed by atoms with Crippen LogP contribution in [0, 0.1) is 17.3 Å². The van der Waals surface area contributed by atoms with Crippen LogP contribution < -0.4 is 5.32 Å². The second-order valence-electron chi connectivity index (χ2n) is 5.81. The van der Waals surface area contributed by atoms with Crippen LogP contribution in [0.2, 0.25) is 0 Å². The molecule has 2 heteroatoms. The first-order valence-electron chi connectivity index (χ1n) is 6.89. The van der Waals surface area contributed by atoms with E-state index in [0.29, 0.717) is 5.41 Å². The van der Waals surface area contributed by atoms with E-state index in [9.17, 15) is 0 Å². The first-order valence-corrected chi connectivity index (χ1v) is 6.89. The second kappa shape index (κ2) is 6.61. The van der Waals surface area contributed by atoms with Gasteiger partial charge in [-0.3, -0.25) is 0 Å². The van der Waals surface area contributed by atoms with Crippen molar-refractivity contribution >= 4 is 0 Å². The third kappa shape index (κ3) is 3.74. The molecule has 0 aromatic rings. The average molecular weight is 227 g/mol. The summed E-state index contributed by atoms with van der Waals surface area (Å²) in [6.07, 6.45) is 3.74. The van der Waals surface area contributed by atoms with Gasteiger partial charge in [0.15, 0.2) is 0 Å². The minimum absolute atomic E-state index is 0.488. The molecule has 1 heterocycles. The lowest BCUT2D eigenvalue weighted by Gasteiger charge is -2.42. The zero-order chi connectivity index (χ0) is 12.0. The molecule has 1 fully saturated rings. The van der Waals surface area contributed by atoms with Gasteiger partial charge >= 0.3 is 0 Å². The molecule has 1 unspecified atom stereocenters. The Labute approximate surface area is 101 Å². The van der Waals surface area contributed by atoms with Gasteiger partial charge < -0.3 is 10.1 Å². The second-order valence-corrected chi connectivity index (χ2v) is 5.81. The van der Waals surface area contributed by atoms with Crippen molar-refractivity contribution in [3.05, 3.63) is 0 Å². The van der Waals surface area contributed by atoms with Crippen LogP contribution in [-0.4, -0.2) is 26.3 Å². The number of rotatable bonds is 6. The van der Waals surface area contributed by atoms with E-state index in [1.165, 1.54) is 25.8 Å². The molecule has 0 aromatic carbocycles. The summed E-state index contributed by atoms with van der Waals surface area (Å²) in [4.78, 5) is 0. The van der Waals surface area contributed by atoms with Gasteiger partial charge in [0.25, 0.3) is 0 Å². The summed E-state index contributed by atoms with van der Waals surface area (Å²) in [6, 6.07) is 0. The number of ether oxygens (including phenoxy) is 1. The molecule has 0 amide bonds. The van der Waals surface area contributed by atoms with Crippen LogP contribution in [0.25, 0.3) is 0 Å². The summed E-state index contributed by atoms with van der Waals surface area (Å²) >= 11 is 0. The summed E-state index contributed by atoms with van der Waals surface area (Å²) in [6.45, 7) is 13.5. The van der Waals surface area contributed by atoms with E-state index in [-0.39, 0.29) is 0 Å². The fourth-order valence-electron chi connectivity index (χ4n) is 2.66. The summed E-state index contributed by atoms with van der Waals surface area (Å²) in [5.41, 5.74) is 0.488. The SMILES string of the molecule is CCC(C)C1(CNCC(C)C)CCOCC1. The van der Waals surface area contributed by atoms with E-state index >= 15 is 0 Å². The quantitative estimate of drug-likeness (QED) is 0.753. The maximum absolute atomic E-state index is 5.52. The molecule has 1 rings (SSSR count). The molecule has 0 spiro atoms. The van der Waals surface area contributed by atoms with Gasteiger partial charge in [-0.05, 0) is 36.6 Å². The predicted molar refractivity (Wildman–Crippen MR) is 69.6 cm³/mol. The monoisotopic (exact) mass is 227 g/mol. The average Bonchev–Trinajstić information content (AvgIpc) is 2.28. The lowest BCUT2D eigenvalue weighted by atomic mass is 9.69. The lowest BCUT2D eigenvalue weighted by molar-refractivity contribution is -0.0151. The summed E-state index contributed by atoms with van der Waals surface area (Å²) in [5.74, 6) is 1.55. The van der Waals surface area contributed by atoms with Crippen LogP contribution in [0.5, 0.6) is 0 Å². The summed E-state index contributed by atoms with van der Waals surface area (Å²) in [5, 5.41) is 3.66. The van der Waals surface area contributed by atoms with Gasteiger partial charge in [-0.2, -0.15) is 0 Å². The maximum atomic E-state index is 5.52. The molecular formula is C14H29NO. The highest BCUT2D eigenvalue weighted by atomic mass is 16.5. The highest BCUT2D eigenvalue weighted by Crippen LogP contribution is 2.39. The Bertz CT molecular complexity index is 185. The van der Waals surface area contributed by atoms with Gasteiger partial charge in [0, 0.05) is 19.8 Å². The fraction of sp³-hybridized carbons (Fsp3) is 1.00. The van der Waals surface area contributed by atoms with Crippen molar-refractivity contribution < 1.29 is 4.74 Å². The van der Waals surface area contributed by atoms with Crippen molar-refractivity contribution in [2.75, 3.05) is 26.3 Å². The smallest absolute Gasteiger partial charge is 0.0471 e. The molecule has 0 radical (unpaired) electrons. The van der Waals surface area contributed by atoms with Gasteiger partial charge in [0.2, 0.25) is 0 Å². The molecular weight excluding hydrogens is 198 g/mol. The molecule has 96 valence electrons. The van der Waals surface area contributed by atoms with E-state index in [1.54, 1.807) is 0 Å². The molecule has 0 saturated carbocycles. The maximum Gasteiger partial charge on any atom is 0.0471 e. The van der Waals surface area contributed by atoms with Crippen molar-refractivity contribution in [1.29, 1.82) is 0 Å². The van der Waals surface area contributed by atoms with Crippen LogP contribution in [0.15, 0.2) is 0 Å². The molecule has 1 atom stereocenters. The highest BCUT2D eigenvalue weighted by molar-refractivity contribution is 4.88. The van der Waals surface area contributed by atoms with Gasteiger partial charge in [0.1, 0.15) is 0 Å². The molecule has 16 heavy (non-hydrogen) atoms. The molecule has 1 aliphatic rings. The first-order chi connectivity index (χ1) is 7.60. The molecule has 1 aliphatic heterocycles. The minimum Gasteiger partial charge on any atom is -0.381 e. The molecule has 1 N–H and O–H groups in total. The van der Waals surface area contributed by atoms with Crippen molar-refractivity contribution in [3.63, 3.8) is 0 Å². The Morgan fingerprint density at radius 3 is 2.31 bits per heavy atom. The van der Waals surface area contributed by atoms with Gasteiger partial charge in [0.05, 0.1) is 0 Å². The molecule has 2 nitrogen and oxygen atoms in total. The Balaban J connectivity index is 2.49. The lowest BCUT2D eigenvalue weighted by Crippen LogP contribution is -2.44. The third-order valence-electron chi connectivity index (χ3n) is 4.18. The number of hydrogen-bond acceptors (Lipinski definition) is 2. The van der Waals surface area contributed by atoms with E-state index in [2.05, 4.69) is 33.0 Å². The van der Waals surface area contributed by atoms with E-state index < -0.39 is 0 Å². The van der Waals surface area contributed by atoms with Crippen molar-refractivity contribution in [2.45, 2.75) is 47.0 Å². The largest absolute Gasteiger partial charge is 0.381 e. The first kappa shape index (κ1) is 14.0. The minimum atomic E-state index is 0.488. The molecule has 1 saturated heterocycles. The number of nitrogens with one attached hydrogen (secondary N) is 1. The Hall–Kier alpha value is -0.0800. The van der Waals surface area contributed by atoms with Crippen LogP contribution >= 0.6 is 0 Å². The van der Waals surface area contributed by atoms with Crippen LogP contribution in [-0.2, 0) is 4.74 Å². The zero-order valence-electron chi connectivity index (χ0n) is 11.5. The molecule has 0 aromatic heterocycles. The van der Waals surface area contributed by atoms with E-state index in [4.69, 9.17) is 4.74 Å². The standard InChI is InChI=1S/C14H29NO/c1-5-13(4)14(6-8-16-9-7-14)11-15-10-12(2)3/h12-13,15H,5-11H2,1-4H3. The van der Waals surface area contributed by atoms with Gasteiger partial charge in [-0.25, -0.2) is 0 Å². The van der Waals surface area contributed by atoms with Crippen LogP contribution in [0.3, 0.4) is 0 Å². The molecule has 0 bridgehead atoms. The Morgan fingerprint density at radius 1 is 1.19 bits per heavy atom. The van der Waals surface area contributed by atoms with Gasteiger partial charge in [-0.1, -0.05) is 34.1 Å². The van der Waals surface area contributed by atoms with E-state index in [1.807, 2.05) is 0 Å². The highest BCUT2D eigenvalue weighted by Gasteiger charge is 2.36. The van der Waals surface area contributed by atoms with Crippen molar-refractivity contribution in [3.8, 4) is 0 Å². The van der Waals surface area contributed by atoms with E-state index in [0.717, 1.165) is 31.6 Å². The van der Waals surface area contributed by atoms with Crippen LogP contribution in [0.4, 0.5) is 0 Å². The summed E-state index contributed by atoms with van der Waals surface area (Å²) in [7, 11) is 0. The topological polar surface area (TPSA) is 21.3 Å². The molecule has 0 aliphatic carbocycles. The predicted octanol–water partition coefficient (Wildman–Crippen LogP) is 3.07. The fourth-order valence-corrected chi connectivity index (χ4v) is 2.66. The number of hydrogen-bond donors (Lipinski definition) is 1. The van der Waals surface area contributed by atoms with Crippen LogP contribution in [0.1, 0.15) is 47.0 Å². The zero-order valence-corrected chi connectivity index (χ0v) is 11.5. The van der Waals surface area contributed by atoms with Crippen molar-refractivity contribution in [1.82, 2.24) is 5.32 Å². The Kier molecular flexibility index (Phi) is 5.77.